The minimum absolute atomic E-state index is 0.186. The zero-order chi connectivity index (χ0) is 27.2. The molecule has 8 heteroatoms. The van der Waals surface area contributed by atoms with E-state index in [1.54, 1.807) is 0 Å². The Bertz CT molecular complexity index is 939. The van der Waals surface area contributed by atoms with Crippen LogP contribution in [-0.4, -0.2) is 53.6 Å². The molecule has 4 rings (SSSR count). The summed E-state index contributed by atoms with van der Waals surface area (Å²) in [5, 5.41) is 33.9. The summed E-state index contributed by atoms with van der Waals surface area (Å²) in [4.78, 5) is 3.82. The molecule has 11 atom stereocenters. The summed E-state index contributed by atoms with van der Waals surface area (Å²) in [6, 6.07) is 0. The normalized spacial score (nSPS) is 44.0. The van der Waals surface area contributed by atoms with E-state index in [9.17, 15) is 23.7 Å². The van der Waals surface area contributed by atoms with Crippen molar-refractivity contribution in [3.05, 3.63) is 0 Å². The SMILES string of the molecule is C[C@H](CCC[C@@H](C)[C@H]1CC[C@H]2[C@@H]3[C@H](O)C[C@@H]4C[C@H](O)CC[C@]4(C)[C@H]3CC[C@]12C)C([O-])=NCCS(=O)(=O)O. The lowest BCUT2D eigenvalue weighted by atomic mass is 9.43. The molecular weight excluding hydrogens is 490 g/mol. The Morgan fingerprint density at radius 1 is 1.00 bits per heavy atom. The van der Waals surface area contributed by atoms with Crippen LogP contribution < -0.4 is 5.11 Å². The highest BCUT2D eigenvalue weighted by Gasteiger charge is 2.62. The summed E-state index contributed by atoms with van der Waals surface area (Å²) >= 11 is 0. The zero-order valence-corrected chi connectivity index (χ0v) is 24.1. The molecule has 4 fully saturated rings. The maximum atomic E-state index is 12.2. The van der Waals surface area contributed by atoms with Gasteiger partial charge in [-0.3, -0.25) is 4.55 Å². The first-order valence-electron chi connectivity index (χ1n) is 14.8. The molecule has 0 saturated heterocycles. The highest BCUT2D eigenvalue weighted by molar-refractivity contribution is 7.85. The minimum atomic E-state index is -4.09. The molecule has 0 unspecified atom stereocenters. The molecule has 0 amide bonds. The van der Waals surface area contributed by atoms with Crippen molar-refractivity contribution in [2.75, 3.05) is 12.3 Å². The smallest absolute Gasteiger partial charge is 0.266 e. The van der Waals surface area contributed by atoms with E-state index in [0.29, 0.717) is 35.5 Å². The molecule has 0 spiro atoms. The quantitative estimate of drug-likeness (QED) is 0.230. The fraction of sp³-hybridized carbons (Fsp3) is 0.966. The second-order valence-electron chi connectivity index (χ2n) is 13.8. The molecule has 214 valence electrons. The molecule has 0 bridgehead atoms. The predicted octanol–water partition coefficient (Wildman–Crippen LogP) is 4.07. The van der Waals surface area contributed by atoms with Gasteiger partial charge in [0, 0.05) is 0 Å². The first-order valence-corrected chi connectivity index (χ1v) is 16.4. The van der Waals surface area contributed by atoms with Gasteiger partial charge in [0.05, 0.1) is 24.5 Å². The number of fused-ring (bicyclic) bond motifs is 5. The van der Waals surface area contributed by atoms with Gasteiger partial charge in [0.25, 0.3) is 10.1 Å². The number of aliphatic imine (C=N–C) groups is 1. The fourth-order valence-electron chi connectivity index (χ4n) is 9.67. The van der Waals surface area contributed by atoms with Crippen LogP contribution in [0.25, 0.3) is 0 Å². The molecule has 37 heavy (non-hydrogen) atoms. The fourth-order valence-corrected chi connectivity index (χ4v) is 10.00. The van der Waals surface area contributed by atoms with Crippen LogP contribution in [0, 0.1) is 52.3 Å². The Labute approximate surface area is 224 Å². The van der Waals surface area contributed by atoms with E-state index in [2.05, 4.69) is 25.8 Å². The number of hydrogen-bond donors (Lipinski definition) is 3. The van der Waals surface area contributed by atoms with Crippen molar-refractivity contribution in [2.24, 2.45) is 57.2 Å². The highest BCUT2D eigenvalue weighted by Crippen LogP contribution is 2.68. The Morgan fingerprint density at radius 2 is 1.68 bits per heavy atom. The predicted molar refractivity (Wildman–Crippen MR) is 144 cm³/mol. The van der Waals surface area contributed by atoms with E-state index in [4.69, 9.17) is 4.55 Å². The third kappa shape index (κ3) is 5.92. The van der Waals surface area contributed by atoms with Crippen molar-refractivity contribution in [3.63, 3.8) is 0 Å². The largest absolute Gasteiger partial charge is 0.862 e. The first-order chi connectivity index (χ1) is 17.3. The van der Waals surface area contributed by atoms with E-state index in [1.165, 1.54) is 25.7 Å². The maximum Gasteiger partial charge on any atom is 0.266 e. The molecule has 4 aliphatic carbocycles. The van der Waals surface area contributed by atoms with Crippen LogP contribution in [0.2, 0.25) is 0 Å². The van der Waals surface area contributed by atoms with Crippen LogP contribution in [0.4, 0.5) is 0 Å². The Balaban J connectivity index is 1.34. The van der Waals surface area contributed by atoms with Gasteiger partial charge >= 0.3 is 0 Å². The Morgan fingerprint density at radius 3 is 2.38 bits per heavy atom. The summed E-state index contributed by atoms with van der Waals surface area (Å²) in [6.45, 7) is 8.98. The van der Waals surface area contributed by atoms with Crippen LogP contribution in [0.15, 0.2) is 4.99 Å². The summed E-state index contributed by atoms with van der Waals surface area (Å²) in [5.74, 6) is 2.12. The molecule has 4 aliphatic rings. The van der Waals surface area contributed by atoms with Crippen LogP contribution >= 0.6 is 0 Å². The van der Waals surface area contributed by atoms with Crippen molar-refractivity contribution in [2.45, 2.75) is 111 Å². The second kappa shape index (κ2) is 11.1. The van der Waals surface area contributed by atoms with Crippen LogP contribution in [0.3, 0.4) is 0 Å². The second-order valence-corrected chi connectivity index (χ2v) is 15.3. The topological polar surface area (TPSA) is 130 Å². The van der Waals surface area contributed by atoms with E-state index in [-0.39, 0.29) is 41.4 Å². The van der Waals surface area contributed by atoms with Gasteiger partial charge in [-0.2, -0.15) is 8.42 Å². The first kappa shape index (κ1) is 29.3. The van der Waals surface area contributed by atoms with Gasteiger partial charge in [0.2, 0.25) is 0 Å². The maximum absolute atomic E-state index is 12.2. The van der Waals surface area contributed by atoms with Gasteiger partial charge in [-0.05, 0) is 116 Å². The minimum Gasteiger partial charge on any atom is -0.862 e. The van der Waals surface area contributed by atoms with Crippen LogP contribution in [-0.2, 0) is 10.1 Å². The lowest BCUT2D eigenvalue weighted by Gasteiger charge is -2.62. The molecule has 0 aromatic rings. The van der Waals surface area contributed by atoms with E-state index in [0.717, 1.165) is 44.9 Å². The molecule has 0 aromatic carbocycles. The van der Waals surface area contributed by atoms with Gasteiger partial charge in [0.15, 0.2) is 0 Å². The lowest BCUT2D eigenvalue weighted by molar-refractivity contribution is -0.223. The third-order valence-electron chi connectivity index (χ3n) is 11.8. The van der Waals surface area contributed by atoms with E-state index < -0.39 is 15.9 Å². The van der Waals surface area contributed by atoms with Gasteiger partial charge in [-0.1, -0.05) is 40.5 Å². The van der Waals surface area contributed by atoms with Gasteiger partial charge in [-0.15, -0.1) is 0 Å². The summed E-state index contributed by atoms with van der Waals surface area (Å²) < 4.78 is 30.5. The highest BCUT2D eigenvalue weighted by atomic mass is 32.2. The number of hydrogen-bond acceptors (Lipinski definition) is 6. The monoisotopic (exact) mass is 540 g/mol. The van der Waals surface area contributed by atoms with Crippen LogP contribution in [0.1, 0.15) is 98.3 Å². The van der Waals surface area contributed by atoms with Crippen molar-refractivity contribution in [1.82, 2.24) is 0 Å². The van der Waals surface area contributed by atoms with E-state index >= 15 is 0 Å². The van der Waals surface area contributed by atoms with Crippen molar-refractivity contribution in [1.29, 1.82) is 0 Å². The molecule has 0 aliphatic heterocycles. The molecule has 0 heterocycles. The Hall–Kier alpha value is -0.700. The van der Waals surface area contributed by atoms with Gasteiger partial charge in [-0.25, -0.2) is 0 Å². The van der Waals surface area contributed by atoms with E-state index in [1.807, 2.05) is 6.92 Å². The zero-order valence-electron chi connectivity index (χ0n) is 23.3. The summed E-state index contributed by atoms with van der Waals surface area (Å²) in [5.41, 5.74) is 0.509. The molecule has 0 aromatic heterocycles. The number of nitrogens with zero attached hydrogens (tertiary/aromatic N) is 1. The van der Waals surface area contributed by atoms with Crippen molar-refractivity contribution < 1.29 is 28.3 Å². The average molecular weight is 541 g/mol. The average Bonchev–Trinajstić information content (AvgIpc) is 3.16. The van der Waals surface area contributed by atoms with Gasteiger partial charge < -0.3 is 20.3 Å². The lowest BCUT2D eigenvalue weighted by Crippen LogP contribution is -2.58. The van der Waals surface area contributed by atoms with Crippen molar-refractivity contribution in [3.8, 4) is 0 Å². The third-order valence-corrected chi connectivity index (χ3v) is 12.4. The molecule has 3 N–H and O–H groups in total. The summed E-state index contributed by atoms with van der Waals surface area (Å²) in [7, 11) is -4.09. The molecular formula is C29H50NO6S-. The molecule has 7 nitrogen and oxygen atoms in total. The Kier molecular flexibility index (Phi) is 8.75. The van der Waals surface area contributed by atoms with Gasteiger partial charge in [0.1, 0.15) is 0 Å². The number of aliphatic hydroxyl groups is 2. The summed E-state index contributed by atoms with van der Waals surface area (Å²) in [6.07, 6.45) is 10.8. The standard InChI is InChI=1S/C29H51NO6S/c1-18(6-5-7-19(2)27(33)30-14-15-37(34,35)36)22-8-9-23-26-24(11-13-29(22,23)4)28(3)12-10-21(31)16-20(28)17-25(26)32/h18-26,31-32H,5-17H2,1-4H3,(H,30,33)(H,34,35,36)/p-1/t18-,19-,20+,21-,22-,23+,24+,25-,26+,28+,29-/m1/s1. The van der Waals surface area contributed by atoms with Crippen molar-refractivity contribution >= 4 is 16.0 Å². The number of rotatable bonds is 9. The molecule has 4 saturated carbocycles. The van der Waals surface area contributed by atoms with Crippen LogP contribution in [0.5, 0.6) is 0 Å². The number of aliphatic hydroxyl groups excluding tert-OH is 2. The molecule has 0 radical (unpaired) electrons.